The van der Waals surface area contributed by atoms with E-state index in [2.05, 4.69) is 25.2 Å². The lowest BCUT2D eigenvalue weighted by atomic mass is 9.98. The Kier molecular flexibility index (Phi) is 10.9. The van der Waals surface area contributed by atoms with E-state index >= 15 is 0 Å². The number of nitrogens with one attached hydrogen (secondary N) is 1. The first-order valence-corrected chi connectivity index (χ1v) is 10.0. The number of amides is 2. The van der Waals surface area contributed by atoms with Crippen LogP contribution in [0.5, 0.6) is 5.75 Å². The first-order chi connectivity index (χ1) is 13.1. The zero-order valence-corrected chi connectivity index (χ0v) is 17.8. The van der Waals surface area contributed by atoms with Crippen molar-refractivity contribution >= 4 is 24.2 Å². The number of rotatable bonds is 9. The molecule has 1 aliphatic heterocycles. The summed E-state index contributed by atoms with van der Waals surface area (Å²) in [5.74, 6) is 1.09. The SMILES string of the molecule is CCC(C)c1ccccc1OCC(=O)N1CCCCC1CNC(=O)CCN.Cl. The Morgan fingerprint density at radius 1 is 1.32 bits per heavy atom. The van der Waals surface area contributed by atoms with Crippen LogP contribution in [0.2, 0.25) is 0 Å². The number of likely N-dealkylation sites (tertiary alicyclic amines) is 1. The molecule has 0 aliphatic carbocycles. The van der Waals surface area contributed by atoms with E-state index in [4.69, 9.17) is 10.5 Å². The van der Waals surface area contributed by atoms with Gasteiger partial charge in [-0.05, 0) is 43.2 Å². The molecule has 0 bridgehead atoms. The summed E-state index contributed by atoms with van der Waals surface area (Å²) in [5.41, 5.74) is 6.55. The van der Waals surface area contributed by atoms with Gasteiger partial charge in [0.2, 0.25) is 5.91 Å². The highest BCUT2D eigenvalue weighted by molar-refractivity contribution is 5.85. The zero-order chi connectivity index (χ0) is 19.6. The van der Waals surface area contributed by atoms with E-state index in [1.807, 2.05) is 23.1 Å². The van der Waals surface area contributed by atoms with Gasteiger partial charge in [0.05, 0.1) is 0 Å². The summed E-state index contributed by atoms with van der Waals surface area (Å²) < 4.78 is 5.89. The third-order valence-electron chi connectivity index (χ3n) is 5.27. The third-order valence-corrected chi connectivity index (χ3v) is 5.27. The summed E-state index contributed by atoms with van der Waals surface area (Å²) in [6, 6.07) is 7.95. The Labute approximate surface area is 174 Å². The van der Waals surface area contributed by atoms with Gasteiger partial charge in [-0.3, -0.25) is 9.59 Å². The van der Waals surface area contributed by atoms with Crippen LogP contribution in [0.4, 0.5) is 0 Å². The molecule has 1 fully saturated rings. The van der Waals surface area contributed by atoms with Crippen molar-refractivity contribution in [3.05, 3.63) is 29.8 Å². The van der Waals surface area contributed by atoms with E-state index in [0.29, 0.717) is 32.0 Å². The van der Waals surface area contributed by atoms with Crippen molar-refractivity contribution in [2.75, 3.05) is 26.2 Å². The highest BCUT2D eigenvalue weighted by Crippen LogP contribution is 2.28. The molecule has 0 spiro atoms. The Balaban J connectivity index is 0.00000392. The summed E-state index contributed by atoms with van der Waals surface area (Å²) in [7, 11) is 0. The van der Waals surface area contributed by atoms with Gasteiger partial charge in [0.15, 0.2) is 6.61 Å². The first-order valence-electron chi connectivity index (χ1n) is 10.0. The molecule has 1 saturated heterocycles. The second kappa shape index (κ2) is 12.6. The number of carbonyl (C=O) groups excluding carboxylic acids is 2. The Hall–Kier alpha value is -1.79. The number of nitrogens with two attached hydrogens (primary N) is 1. The van der Waals surface area contributed by atoms with Gasteiger partial charge in [-0.2, -0.15) is 0 Å². The van der Waals surface area contributed by atoms with Crippen LogP contribution in [0.15, 0.2) is 24.3 Å². The molecule has 2 atom stereocenters. The minimum atomic E-state index is -0.0609. The average Bonchev–Trinajstić information content (AvgIpc) is 2.70. The van der Waals surface area contributed by atoms with Gasteiger partial charge in [0, 0.05) is 32.1 Å². The highest BCUT2D eigenvalue weighted by Gasteiger charge is 2.27. The molecule has 0 radical (unpaired) electrons. The fraction of sp³-hybridized carbons (Fsp3) is 0.619. The number of carbonyl (C=O) groups is 2. The van der Waals surface area contributed by atoms with E-state index in [9.17, 15) is 9.59 Å². The second-order valence-corrected chi connectivity index (χ2v) is 7.22. The van der Waals surface area contributed by atoms with Gasteiger partial charge in [-0.25, -0.2) is 0 Å². The molecule has 3 N–H and O–H groups in total. The number of benzene rings is 1. The molecular weight excluding hydrogens is 378 g/mol. The molecular formula is C21H34ClN3O3. The molecule has 28 heavy (non-hydrogen) atoms. The zero-order valence-electron chi connectivity index (χ0n) is 17.0. The summed E-state index contributed by atoms with van der Waals surface area (Å²) in [4.78, 5) is 26.3. The van der Waals surface area contributed by atoms with Crippen molar-refractivity contribution < 1.29 is 14.3 Å². The topological polar surface area (TPSA) is 84.7 Å². The van der Waals surface area contributed by atoms with Crippen molar-refractivity contribution in [3.8, 4) is 5.75 Å². The molecule has 1 aromatic rings. The second-order valence-electron chi connectivity index (χ2n) is 7.22. The van der Waals surface area contributed by atoms with Crippen LogP contribution in [0.25, 0.3) is 0 Å². The first kappa shape index (κ1) is 24.2. The van der Waals surface area contributed by atoms with Crippen LogP contribution in [0.3, 0.4) is 0 Å². The molecule has 0 saturated carbocycles. The number of para-hydroxylation sites is 1. The van der Waals surface area contributed by atoms with Gasteiger partial charge >= 0.3 is 0 Å². The number of halogens is 1. The molecule has 1 heterocycles. The van der Waals surface area contributed by atoms with Crippen LogP contribution in [-0.2, 0) is 9.59 Å². The van der Waals surface area contributed by atoms with Crippen molar-refractivity contribution in [1.29, 1.82) is 0 Å². The lowest BCUT2D eigenvalue weighted by Crippen LogP contribution is -2.50. The summed E-state index contributed by atoms with van der Waals surface area (Å²) in [6.07, 6.45) is 4.29. The van der Waals surface area contributed by atoms with Crippen molar-refractivity contribution in [1.82, 2.24) is 10.2 Å². The smallest absolute Gasteiger partial charge is 0.260 e. The Bertz CT molecular complexity index is 627. The molecule has 2 unspecified atom stereocenters. The van der Waals surface area contributed by atoms with Gasteiger partial charge in [0.1, 0.15) is 5.75 Å². The molecule has 7 heteroatoms. The van der Waals surface area contributed by atoms with E-state index in [1.165, 1.54) is 0 Å². The number of piperidine rings is 1. The highest BCUT2D eigenvalue weighted by atomic mass is 35.5. The van der Waals surface area contributed by atoms with E-state index in [1.54, 1.807) is 0 Å². The van der Waals surface area contributed by atoms with Crippen molar-refractivity contribution in [2.24, 2.45) is 5.73 Å². The maximum absolute atomic E-state index is 12.8. The van der Waals surface area contributed by atoms with Crippen LogP contribution < -0.4 is 15.8 Å². The van der Waals surface area contributed by atoms with Crippen LogP contribution >= 0.6 is 12.4 Å². The van der Waals surface area contributed by atoms with Gasteiger partial charge < -0.3 is 20.7 Å². The summed E-state index contributed by atoms with van der Waals surface area (Å²) in [5, 5.41) is 2.89. The minimum Gasteiger partial charge on any atom is -0.483 e. The van der Waals surface area contributed by atoms with Gasteiger partial charge in [0.25, 0.3) is 5.91 Å². The molecule has 158 valence electrons. The molecule has 2 rings (SSSR count). The predicted molar refractivity (Wildman–Crippen MR) is 114 cm³/mol. The van der Waals surface area contributed by atoms with Crippen LogP contribution in [0.1, 0.15) is 57.4 Å². The fourth-order valence-electron chi connectivity index (χ4n) is 3.45. The largest absolute Gasteiger partial charge is 0.483 e. The Morgan fingerprint density at radius 3 is 2.79 bits per heavy atom. The monoisotopic (exact) mass is 411 g/mol. The number of hydrogen-bond donors (Lipinski definition) is 2. The lowest BCUT2D eigenvalue weighted by Gasteiger charge is -2.36. The Morgan fingerprint density at radius 2 is 2.07 bits per heavy atom. The standard InChI is InChI=1S/C21H33N3O3.ClH/c1-3-16(2)18-9-4-5-10-19(18)27-15-21(26)24-13-7-6-8-17(24)14-23-20(25)11-12-22;/h4-5,9-10,16-17H,3,6-8,11-15,22H2,1-2H3,(H,23,25);1H. The van der Waals surface area contributed by atoms with Gasteiger partial charge in [-0.1, -0.05) is 32.0 Å². The molecule has 1 aliphatic rings. The van der Waals surface area contributed by atoms with Crippen LogP contribution in [-0.4, -0.2) is 49.0 Å². The average molecular weight is 412 g/mol. The van der Waals surface area contributed by atoms with Crippen LogP contribution in [0, 0.1) is 0 Å². The van der Waals surface area contributed by atoms with E-state index in [0.717, 1.165) is 37.0 Å². The predicted octanol–water partition coefficient (Wildman–Crippen LogP) is 2.85. The lowest BCUT2D eigenvalue weighted by molar-refractivity contribution is -0.137. The summed E-state index contributed by atoms with van der Waals surface area (Å²) in [6.45, 7) is 5.86. The normalized spacial score (nSPS) is 17.4. The van der Waals surface area contributed by atoms with Crippen molar-refractivity contribution in [2.45, 2.75) is 57.9 Å². The van der Waals surface area contributed by atoms with E-state index in [-0.39, 0.29) is 36.9 Å². The number of hydrogen-bond acceptors (Lipinski definition) is 4. The molecule has 1 aromatic carbocycles. The van der Waals surface area contributed by atoms with E-state index < -0.39 is 0 Å². The number of nitrogens with zero attached hydrogens (tertiary/aromatic N) is 1. The maximum atomic E-state index is 12.8. The quantitative estimate of drug-likeness (QED) is 0.654. The molecule has 6 nitrogen and oxygen atoms in total. The molecule has 0 aromatic heterocycles. The third kappa shape index (κ3) is 6.99. The van der Waals surface area contributed by atoms with Gasteiger partial charge in [-0.15, -0.1) is 12.4 Å². The fourth-order valence-corrected chi connectivity index (χ4v) is 3.45. The number of ether oxygens (including phenoxy) is 1. The minimum absolute atomic E-state index is 0. The maximum Gasteiger partial charge on any atom is 0.260 e. The summed E-state index contributed by atoms with van der Waals surface area (Å²) >= 11 is 0. The molecule has 2 amide bonds. The van der Waals surface area contributed by atoms with Crippen molar-refractivity contribution in [3.63, 3.8) is 0 Å².